The molecule has 5 heteroatoms. The maximum atomic E-state index is 7.21. The summed E-state index contributed by atoms with van der Waals surface area (Å²) in [5.74, 6) is 7.18. The van der Waals surface area contributed by atoms with E-state index in [0.29, 0.717) is 23.4 Å². The van der Waals surface area contributed by atoms with Crippen molar-refractivity contribution in [2.24, 2.45) is 23.2 Å². The number of allylic oxidation sites excluding steroid dienone is 15. The van der Waals surface area contributed by atoms with Crippen LogP contribution in [0.15, 0.2) is 137 Å². The predicted molar refractivity (Wildman–Crippen MR) is 288 cm³/mol. The zero-order chi connectivity index (χ0) is 47.5. The second kappa shape index (κ2) is 20.4. The first-order valence-corrected chi connectivity index (χ1v) is 26.3. The molecule has 0 spiro atoms. The Morgan fingerprint density at radius 2 is 1.59 bits per heavy atom. The maximum absolute atomic E-state index is 7.21. The molecule has 4 aliphatic carbocycles. The van der Waals surface area contributed by atoms with Crippen LogP contribution in [0.3, 0.4) is 0 Å². The van der Waals surface area contributed by atoms with Gasteiger partial charge in [0.2, 0.25) is 0 Å². The zero-order valence-electron chi connectivity index (χ0n) is 41.6. The molecule has 352 valence electrons. The molecule has 5 nitrogen and oxygen atoms in total. The van der Waals surface area contributed by atoms with Crippen molar-refractivity contribution in [3.05, 3.63) is 155 Å². The summed E-state index contributed by atoms with van der Waals surface area (Å²) in [6.45, 7) is 11.6. The number of benzene rings is 3. The Bertz CT molecular complexity index is 3040. The largest absolute Gasteiger partial charge is 0.481 e. The van der Waals surface area contributed by atoms with Crippen molar-refractivity contribution in [3.63, 3.8) is 0 Å². The van der Waals surface area contributed by atoms with Gasteiger partial charge in [-0.15, -0.1) is 6.42 Å². The van der Waals surface area contributed by atoms with Crippen molar-refractivity contribution >= 4 is 38.7 Å². The number of rotatable bonds is 11. The molecule has 6 atom stereocenters. The minimum absolute atomic E-state index is 0.0806. The fourth-order valence-electron chi connectivity index (χ4n) is 12.8. The average Bonchev–Trinajstić information content (AvgIpc) is 3.94. The van der Waals surface area contributed by atoms with E-state index in [1.165, 1.54) is 53.5 Å². The van der Waals surface area contributed by atoms with E-state index in [9.17, 15) is 0 Å². The Morgan fingerprint density at radius 1 is 0.797 bits per heavy atom. The summed E-state index contributed by atoms with van der Waals surface area (Å²) in [5, 5.41) is 2.16. The first-order valence-electron chi connectivity index (χ1n) is 26.3. The number of nitrogens with zero attached hydrogens (tertiary/aromatic N) is 3. The van der Waals surface area contributed by atoms with Crippen molar-refractivity contribution in [2.45, 2.75) is 137 Å². The van der Waals surface area contributed by atoms with Crippen LogP contribution in [0, 0.1) is 35.5 Å². The molecule has 2 aromatic heterocycles. The molecule has 5 unspecified atom stereocenters. The van der Waals surface area contributed by atoms with E-state index in [1.807, 2.05) is 0 Å². The number of terminal acetylenes is 1. The summed E-state index contributed by atoms with van der Waals surface area (Å²) in [6, 6.07) is 20.0. The number of fused-ring (bicyclic) bond motifs is 4. The van der Waals surface area contributed by atoms with Crippen molar-refractivity contribution in [1.29, 1.82) is 0 Å². The van der Waals surface area contributed by atoms with Crippen LogP contribution in [0.4, 0.5) is 0 Å². The van der Waals surface area contributed by atoms with Crippen molar-refractivity contribution < 1.29 is 9.15 Å². The monoisotopic (exact) mass is 912 g/mol. The standard InChI is InChI=1S/C64H69N3O2/c1-7-22-49-50-29-18-27-45(35-34-42(9-3)40-58(50)68-57(49)11-5)48-28-19-30-51-52-31-20-32-54(60(52)69-59(48)51)63-66-61(65-62(67-63)53-33-21-39-64(6,38-8-2)56(53)10-4)46-36-37-47(43-23-14-12-15-24-43)55(41-46)44-25-16-13-17-26-44/h5,7,12,14,16,19-20,22-23,25-28,30-32,34-37,41-42,50,53,56,58H,8-10,13,15,17-18,21,24,29,33,38-40H2,1-4,6H3/b22-7-,35-34-,45-27+/t42?,50?,53?,56?,58-,64?/m1/s1. The van der Waals surface area contributed by atoms with Gasteiger partial charge in [-0.05, 0) is 141 Å². The van der Waals surface area contributed by atoms with Gasteiger partial charge in [-0.25, -0.2) is 15.0 Å². The van der Waals surface area contributed by atoms with Crippen molar-refractivity contribution in [3.8, 4) is 35.1 Å². The Balaban J connectivity index is 1.11. The normalized spacial score (nSPS) is 26.3. The zero-order valence-corrected chi connectivity index (χ0v) is 41.6. The molecule has 3 heterocycles. The fraction of sp³-hybridized carbons (Fsp3) is 0.391. The lowest BCUT2D eigenvalue weighted by Crippen LogP contribution is -2.36. The van der Waals surface area contributed by atoms with E-state index in [-0.39, 0.29) is 23.4 Å². The highest BCUT2D eigenvalue weighted by molar-refractivity contribution is 6.12. The third kappa shape index (κ3) is 9.09. The Labute approximate surface area is 411 Å². The molecule has 1 aliphatic heterocycles. The second-order valence-corrected chi connectivity index (χ2v) is 20.5. The summed E-state index contributed by atoms with van der Waals surface area (Å²) in [6.07, 6.45) is 46.2. The molecule has 1 fully saturated rings. The third-order valence-corrected chi connectivity index (χ3v) is 16.2. The van der Waals surface area contributed by atoms with Crippen molar-refractivity contribution in [2.75, 3.05) is 0 Å². The summed E-state index contributed by atoms with van der Waals surface area (Å²) >= 11 is 0. The van der Waals surface area contributed by atoms with Gasteiger partial charge in [0.25, 0.3) is 0 Å². The van der Waals surface area contributed by atoms with Crippen LogP contribution in [0.5, 0.6) is 0 Å². The molecule has 10 rings (SSSR count). The lowest BCUT2D eigenvalue weighted by atomic mass is 9.59. The Hall–Kier alpha value is -6.25. The summed E-state index contributed by atoms with van der Waals surface area (Å²) in [5.41, 5.74) is 12.5. The molecule has 0 saturated heterocycles. The van der Waals surface area contributed by atoms with E-state index in [2.05, 4.69) is 162 Å². The molecule has 69 heavy (non-hydrogen) atoms. The molecule has 0 radical (unpaired) electrons. The highest BCUT2D eigenvalue weighted by atomic mass is 16.5. The van der Waals surface area contributed by atoms with Gasteiger partial charge in [-0.1, -0.05) is 156 Å². The average molecular weight is 912 g/mol. The van der Waals surface area contributed by atoms with E-state index < -0.39 is 0 Å². The molecule has 5 aliphatic rings. The number of furan rings is 1. The van der Waals surface area contributed by atoms with Crippen LogP contribution in [0.1, 0.15) is 153 Å². The van der Waals surface area contributed by atoms with Gasteiger partial charge in [0.05, 0.1) is 5.56 Å². The second-order valence-electron chi connectivity index (χ2n) is 20.5. The van der Waals surface area contributed by atoms with Gasteiger partial charge >= 0.3 is 0 Å². The third-order valence-electron chi connectivity index (χ3n) is 16.2. The number of hydrogen-bond acceptors (Lipinski definition) is 5. The van der Waals surface area contributed by atoms with Gasteiger partial charge in [-0.3, -0.25) is 0 Å². The molecule has 1 saturated carbocycles. The van der Waals surface area contributed by atoms with Gasteiger partial charge in [0, 0.05) is 39.3 Å². The lowest BCUT2D eigenvalue weighted by Gasteiger charge is -2.45. The SMILES string of the molecule is C#CC1=C(/C=C\C)C2CC/C=C(c3cccc4c3oc3c(-c5nc(-c6ccc(C7=CC=CCC7)c(C7=CCCC=C7)c6)nc(C6CCCC(C)(CCC)C6CC)n5)cccc34)\C=C/C(CC)C[C@H]2O1. The topological polar surface area (TPSA) is 61.0 Å². The van der Waals surface area contributed by atoms with Crippen LogP contribution in [0.2, 0.25) is 0 Å². The van der Waals surface area contributed by atoms with E-state index in [1.54, 1.807) is 0 Å². The number of hydrogen-bond donors (Lipinski definition) is 0. The minimum atomic E-state index is 0.0806. The highest BCUT2D eigenvalue weighted by Crippen LogP contribution is 2.52. The maximum Gasteiger partial charge on any atom is 0.173 e. The molecular formula is C64H69N3O2. The molecule has 0 bridgehead atoms. The number of ether oxygens (including phenoxy) is 1. The molecule has 0 N–H and O–H groups in total. The molecule has 3 aromatic carbocycles. The summed E-state index contributed by atoms with van der Waals surface area (Å²) < 4.78 is 13.7. The van der Waals surface area contributed by atoms with Crippen LogP contribution in [0.25, 0.3) is 61.4 Å². The first kappa shape index (κ1) is 46.5. The predicted octanol–water partition coefficient (Wildman–Crippen LogP) is 17.3. The van der Waals surface area contributed by atoms with Gasteiger partial charge in [0.15, 0.2) is 17.4 Å². The minimum Gasteiger partial charge on any atom is -0.481 e. The van der Waals surface area contributed by atoms with Gasteiger partial charge in [-0.2, -0.15) is 0 Å². The number of aromatic nitrogens is 3. The highest BCUT2D eigenvalue weighted by Gasteiger charge is 2.43. The van der Waals surface area contributed by atoms with Crippen LogP contribution < -0.4 is 0 Å². The lowest BCUT2D eigenvalue weighted by molar-refractivity contribution is 0.0746. The summed E-state index contributed by atoms with van der Waals surface area (Å²) in [4.78, 5) is 16.6. The van der Waals surface area contributed by atoms with Gasteiger partial charge in [0.1, 0.15) is 23.1 Å². The first-order chi connectivity index (χ1) is 33.8. The van der Waals surface area contributed by atoms with E-state index in [4.69, 9.17) is 30.5 Å². The Kier molecular flexibility index (Phi) is 13.7. The summed E-state index contributed by atoms with van der Waals surface area (Å²) in [7, 11) is 0. The van der Waals surface area contributed by atoms with Crippen LogP contribution in [-0.2, 0) is 4.74 Å². The van der Waals surface area contributed by atoms with Crippen molar-refractivity contribution in [1.82, 2.24) is 15.0 Å². The fourth-order valence-corrected chi connectivity index (χ4v) is 12.8. The van der Waals surface area contributed by atoms with Crippen LogP contribution in [-0.4, -0.2) is 21.1 Å². The smallest absolute Gasteiger partial charge is 0.173 e. The number of para-hydroxylation sites is 2. The quantitative estimate of drug-likeness (QED) is 0.124. The Morgan fingerprint density at radius 3 is 2.33 bits per heavy atom. The van der Waals surface area contributed by atoms with E-state index >= 15 is 0 Å². The molecule has 0 amide bonds. The van der Waals surface area contributed by atoms with E-state index in [0.717, 1.165) is 120 Å². The molecule has 5 aromatic rings. The van der Waals surface area contributed by atoms with Crippen LogP contribution >= 0.6 is 0 Å². The van der Waals surface area contributed by atoms with Gasteiger partial charge < -0.3 is 9.15 Å². The molecular weight excluding hydrogens is 843 g/mol.